The monoisotopic (exact) mass is 506 g/mol. The van der Waals surface area contributed by atoms with Crippen LogP contribution in [0, 0.1) is 0 Å². The van der Waals surface area contributed by atoms with Crippen LogP contribution in [-0.2, 0) is 28.6 Å². The molecular weight excluding hydrogens is 472 g/mol. The second-order valence-electron chi connectivity index (χ2n) is 11.3. The van der Waals surface area contributed by atoms with E-state index in [1.807, 2.05) is 53.4 Å². The van der Waals surface area contributed by atoms with Crippen molar-refractivity contribution < 1.29 is 14.7 Å². The third kappa shape index (κ3) is 4.43. The number of carboxylic acid groups (broad SMARTS) is 1. The number of carboxylic acids is 1. The van der Waals surface area contributed by atoms with Gasteiger partial charge < -0.3 is 15.7 Å². The second kappa shape index (κ2) is 9.64. The summed E-state index contributed by atoms with van der Waals surface area (Å²) < 4.78 is 0. The number of amides is 1. The molecule has 1 atom stereocenters. The van der Waals surface area contributed by atoms with E-state index in [4.69, 9.17) is 5.73 Å². The fourth-order valence-electron chi connectivity index (χ4n) is 5.79. The highest BCUT2D eigenvalue weighted by molar-refractivity contribution is 5.99. The number of hydrogen-bond donors (Lipinski definition) is 2. The molecule has 0 aliphatic carbocycles. The fraction of sp³-hybridized carbons (Fsp3) is 0.273. The van der Waals surface area contributed by atoms with E-state index in [-0.39, 0.29) is 11.0 Å². The van der Waals surface area contributed by atoms with Gasteiger partial charge in [0, 0.05) is 13.0 Å². The molecule has 4 aromatic rings. The third-order valence-corrected chi connectivity index (χ3v) is 7.82. The van der Waals surface area contributed by atoms with Crippen LogP contribution in [0.1, 0.15) is 59.8 Å². The smallest absolute Gasteiger partial charge is 0.337 e. The first kappa shape index (κ1) is 25.5. The maximum atomic E-state index is 13.8. The number of carbonyl (C=O) groups excluding carboxylic acids is 1. The highest BCUT2D eigenvalue weighted by atomic mass is 16.4. The van der Waals surface area contributed by atoms with E-state index in [2.05, 4.69) is 45.0 Å². The van der Waals surface area contributed by atoms with Crippen molar-refractivity contribution in [3.63, 3.8) is 0 Å². The maximum absolute atomic E-state index is 13.8. The summed E-state index contributed by atoms with van der Waals surface area (Å²) in [6.07, 6.45) is 1.86. The zero-order valence-electron chi connectivity index (χ0n) is 22.2. The number of aromatic carboxylic acids is 1. The number of hydrogen-bond acceptors (Lipinski definition) is 3. The molecule has 3 N–H and O–H groups in total. The van der Waals surface area contributed by atoms with Crippen LogP contribution >= 0.6 is 0 Å². The number of nitrogens with zero attached hydrogens (tertiary/aromatic N) is 1. The quantitative estimate of drug-likeness (QED) is 0.326. The van der Waals surface area contributed by atoms with Crippen LogP contribution in [0.5, 0.6) is 0 Å². The van der Waals surface area contributed by atoms with E-state index in [9.17, 15) is 14.7 Å². The molecule has 38 heavy (non-hydrogen) atoms. The highest BCUT2D eigenvalue weighted by Crippen LogP contribution is 2.43. The van der Waals surface area contributed by atoms with Crippen molar-refractivity contribution in [3.05, 3.63) is 113 Å². The Morgan fingerprint density at radius 1 is 0.868 bits per heavy atom. The number of anilines is 1. The molecular formula is C33H34N2O3. The van der Waals surface area contributed by atoms with E-state index >= 15 is 0 Å². The highest BCUT2D eigenvalue weighted by Gasteiger charge is 2.47. The molecule has 0 saturated carbocycles. The predicted molar refractivity (Wildman–Crippen MR) is 153 cm³/mol. The number of carbonyl (C=O) groups is 2. The molecule has 1 heterocycles. The molecule has 5 nitrogen and oxygen atoms in total. The SMILES string of the molecule is CC(C)(C)c1ccc(CC(C(N)=O)(c2ccc3ccccc3c2)N2CCCc3cccc(C(=O)O)c32)cc1. The summed E-state index contributed by atoms with van der Waals surface area (Å²) in [5, 5.41) is 12.2. The van der Waals surface area contributed by atoms with Crippen LogP contribution in [0.3, 0.4) is 0 Å². The molecule has 4 aromatic carbocycles. The van der Waals surface area contributed by atoms with E-state index in [0.717, 1.165) is 40.3 Å². The van der Waals surface area contributed by atoms with Gasteiger partial charge in [0.1, 0.15) is 5.54 Å². The van der Waals surface area contributed by atoms with E-state index in [0.29, 0.717) is 18.7 Å². The summed E-state index contributed by atoms with van der Waals surface area (Å²) >= 11 is 0. The van der Waals surface area contributed by atoms with Crippen LogP contribution in [-0.4, -0.2) is 23.5 Å². The van der Waals surface area contributed by atoms with Gasteiger partial charge in [-0.1, -0.05) is 93.6 Å². The third-order valence-electron chi connectivity index (χ3n) is 7.82. The Labute approximate surface area is 223 Å². The lowest BCUT2D eigenvalue weighted by molar-refractivity contribution is -0.123. The van der Waals surface area contributed by atoms with Crippen molar-refractivity contribution in [1.82, 2.24) is 0 Å². The summed E-state index contributed by atoms with van der Waals surface area (Å²) in [5.74, 6) is -1.51. The van der Waals surface area contributed by atoms with Crippen molar-refractivity contribution >= 4 is 28.3 Å². The predicted octanol–water partition coefficient (Wildman–Crippen LogP) is 6.21. The number of aryl methyl sites for hydroxylation is 1. The van der Waals surface area contributed by atoms with Crippen LogP contribution in [0.2, 0.25) is 0 Å². The van der Waals surface area contributed by atoms with Gasteiger partial charge in [-0.05, 0) is 63.4 Å². The van der Waals surface area contributed by atoms with E-state index in [1.165, 1.54) is 5.56 Å². The maximum Gasteiger partial charge on any atom is 0.337 e. The molecule has 1 aliphatic heterocycles. The zero-order chi connectivity index (χ0) is 27.1. The molecule has 0 radical (unpaired) electrons. The van der Waals surface area contributed by atoms with E-state index in [1.54, 1.807) is 12.1 Å². The lowest BCUT2D eigenvalue weighted by Gasteiger charge is -2.47. The number of benzene rings is 4. The first-order chi connectivity index (χ1) is 18.1. The Kier molecular flexibility index (Phi) is 6.47. The van der Waals surface area contributed by atoms with Gasteiger partial charge in [-0.15, -0.1) is 0 Å². The van der Waals surface area contributed by atoms with Gasteiger partial charge in [0.25, 0.3) is 0 Å². The van der Waals surface area contributed by atoms with E-state index < -0.39 is 17.4 Å². The molecule has 1 unspecified atom stereocenters. The molecule has 194 valence electrons. The number of rotatable bonds is 6. The largest absolute Gasteiger partial charge is 0.478 e. The molecule has 0 bridgehead atoms. The van der Waals surface area contributed by atoms with Gasteiger partial charge in [-0.2, -0.15) is 0 Å². The molecule has 1 aliphatic rings. The van der Waals surface area contributed by atoms with Gasteiger partial charge >= 0.3 is 5.97 Å². The molecule has 5 rings (SSSR count). The lowest BCUT2D eigenvalue weighted by atomic mass is 9.77. The average Bonchev–Trinajstić information content (AvgIpc) is 2.90. The van der Waals surface area contributed by atoms with Crippen molar-refractivity contribution in [2.45, 2.75) is 51.0 Å². The molecule has 0 saturated heterocycles. The Bertz CT molecular complexity index is 1520. The summed E-state index contributed by atoms with van der Waals surface area (Å²) in [7, 11) is 0. The minimum absolute atomic E-state index is 0.000149. The molecule has 0 spiro atoms. The summed E-state index contributed by atoms with van der Waals surface area (Å²) in [5.41, 5.74) is 9.72. The van der Waals surface area contributed by atoms with Crippen molar-refractivity contribution in [3.8, 4) is 0 Å². The number of fused-ring (bicyclic) bond motifs is 2. The van der Waals surface area contributed by atoms with Crippen LogP contribution in [0.25, 0.3) is 10.8 Å². The van der Waals surface area contributed by atoms with Gasteiger partial charge in [-0.25, -0.2) is 4.79 Å². The minimum atomic E-state index is -1.28. The standard InChI is InChI=1S/C33H34N2O3/c1-32(2,3)26-16-13-22(14-17-26)21-33(31(34)38,27-18-15-23-8-4-5-9-25(23)20-27)35-19-7-11-24-10-6-12-28(29(24)35)30(36)37/h4-6,8-10,12-18,20H,7,11,19,21H2,1-3H3,(H2,34,38)(H,36,37). The first-order valence-electron chi connectivity index (χ1n) is 13.1. The lowest BCUT2D eigenvalue weighted by Crippen LogP contribution is -2.58. The summed E-state index contributed by atoms with van der Waals surface area (Å²) in [6, 6.07) is 27.7. The minimum Gasteiger partial charge on any atom is -0.478 e. The van der Waals surface area contributed by atoms with Gasteiger partial charge in [0.2, 0.25) is 5.91 Å². The van der Waals surface area contributed by atoms with Crippen LogP contribution in [0.15, 0.2) is 84.9 Å². The fourth-order valence-corrected chi connectivity index (χ4v) is 5.79. The average molecular weight is 507 g/mol. The Morgan fingerprint density at radius 2 is 1.55 bits per heavy atom. The zero-order valence-corrected chi connectivity index (χ0v) is 22.2. The van der Waals surface area contributed by atoms with Crippen molar-refractivity contribution in [2.75, 3.05) is 11.4 Å². The number of nitrogens with two attached hydrogens (primary N) is 1. The second-order valence-corrected chi connectivity index (χ2v) is 11.3. The Morgan fingerprint density at radius 3 is 2.21 bits per heavy atom. The normalized spacial score (nSPS) is 15.1. The number of para-hydroxylation sites is 1. The van der Waals surface area contributed by atoms with Gasteiger partial charge in [-0.3, -0.25) is 4.79 Å². The van der Waals surface area contributed by atoms with Crippen LogP contribution < -0.4 is 10.6 Å². The molecule has 0 aromatic heterocycles. The molecule has 0 fully saturated rings. The van der Waals surface area contributed by atoms with Gasteiger partial charge in [0.15, 0.2) is 0 Å². The van der Waals surface area contributed by atoms with Gasteiger partial charge in [0.05, 0.1) is 11.3 Å². The van der Waals surface area contributed by atoms with Crippen molar-refractivity contribution in [1.29, 1.82) is 0 Å². The number of primary amides is 1. The Hall–Kier alpha value is -4.12. The molecule has 5 heteroatoms. The molecule has 1 amide bonds. The van der Waals surface area contributed by atoms with Crippen molar-refractivity contribution in [2.24, 2.45) is 5.73 Å². The van der Waals surface area contributed by atoms with Crippen LogP contribution in [0.4, 0.5) is 5.69 Å². The first-order valence-corrected chi connectivity index (χ1v) is 13.1. The summed E-state index contributed by atoms with van der Waals surface area (Å²) in [4.78, 5) is 28.2. The topological polar surface area (TPSA) is 83.6 Å². The summed E-state index contributed by atoms with van der Waals surface area (Å²) in [6.45, 7) is 7.03. The Balaban J connectivity index is 1.76.